The lowest BCUT2D eigenvalue weighted by Crippen LogP contribution is -2.37. The summed E-state index contributed by atoms with van der Waals surface area (Å²) in [6.45, 7) is 7.46. The summed E-state index contributed by atoms with van der Waals surface area (Å²) in [7, 11) is 0. The average molecular weight is 322 g/mol. The average Bonchev–Trinajstić information content (AvgIpc) is 2.46. The van der Waals surface area contributed by atoms with E-state index in [1.807, 2.05) is 24.3 Å². The second-order valence-corrected chi connectivity index (χ2v) is 6.59. The molecule has 0 saturated heterocycles. The first-order chi connectivity index (χ1) is 9.96. The van der Waals surface area contributed by atoms with Crippen molar-refractivity contribution >= 4 is 23.2 Å². The summed E-state index contributed by atoms with van der Waals surface area (Å²) in [5, 5.41) is 4.94. The topological polar surface area (TPSA) is 12.0 Å². The van der Waals surface area contributed by atoms with E-state index in [2.05, 4.69) is 50.4 Å². The second-order valence-electron chi connectivity index (χ2n) is 5.74. The SMILES string of the molecule is CCNC(c1ccc(Cl)cc1Cl)C(C)(C)c1ccccc1. The first-order valence-corrected chi connectivity index (χ1v) is 7.96. The van der Waals surface area contributed by atoms with Gasteiger partial charge in [0, 0.05) is 21.5 Å². The molecule has 1 unspecified atom stereocenters. The Labute approximate surface area is 137 Å². The van der Waals surface area contributed by atoms with Crippen molar-refractivity contribution in [2.45, 2.75) is 32.2 Å². The highest BCUT2D eigenvalue weighted by Gasteiger charge is 2.33. The van der Waals surface area contributed by atoms with Crippen molar-refractivity contribution in [3.63, 3.8) is 0 Å². The van der Waals surface area contributed by atoms with Crippen molar-refractivity contribution in [1.29, 1.82) is 0 Å². The van der Waals surface area contributed by atoms with E-state index in [1.54, 1.807) is 0 Å². The number of benzene rings is 2. The number of likely N-dealkylation sites (N-methyl/N-ethyl adjacent to an activating group) is 1. The van der Waals surface area contributed by atoms with Crippen LogP contribution in [0.25, 0.3) is 0 Å². The summed E-state index contributed by atoms with van der Waals surface area (Å²) in [6, 6.07) is 16.3. The number of hydrogen-bond acceptors (Lipinski definition) is 1. The fourth-order valence-electron chi connectivity index (χ4n) is 2.73. The van der Waals surface area contributed by atoms with E-state index in [0.717, 1.165) is 12.1 Å². The standard InChI is InChI=1S/C18H21Cl2N/c1-4-21-17(15-11-10-14(19)12-16(15)20)18(2,3)13-8-6-5-7-9-13/h5-12,17,21H,4H2,1-3H3. The van der Waals surface area contributed by atoms with Gasteiger partial charge in [0.05, 0.1) is 0 Å². The highest BCUT2D eigenvalue weighted by atomic mass is 35.5. The van der Waals surface area contributed by atoms with Crippen LogP contribution in [-0.4, -0.2) is 6.54 Å². The van der Waals surface area contributed by atoms with Crippen LogP contribution in [0.15, 0.2) is 48.5 Å². The number of rotatable bonds is 5. The third-order valence-electron chi connectivity index (χ3n) is 3.92. The van der Waals surface area contributed by atoms with Crippen LogP contribution < -0.4 is 5.32 Å². The Morgan fingerprint density at radius 1 is 1.05 bits per heavy atom. The maximum absolute atomic E-state index is 6.43. The molecule has 112 valence electrons. The Hall–Kier alpha value is -1.02. The highest BCUT2D eigenvalue weighted by Crippen LogP contribution is 2.40. The molecule has 0 aliphatic rings. The molecule has 0 fully saturated rings. The summed E-state index contributed by atoms with van der Waals surface area (Å²) < 4.78 is 0. The molecule has 0 saturated carbocycles. The van der Waals surface area contributed by atoms with Crippen molar-refractivity contribution in [3.05, 3.63) is 69.7 Å². The van der Waals surface area contributed by atoms with Gasteiger partial charge in [-0.1, -0.05) is 80.4 Å². The van der Waals surface area contributed by atoms with Gasteiger partial charge in [-0.05, 0) is 29.8 Å². The van der Waals surface area contributed by atoms with Crippen LogP contribution in [-0.2, 0) is 5.41 Å². The minimum atomic E-state index is -0.0886. The van der Waals surface area contributed by atoms with Crippen LogP contribution in [0.1, 0.15) is 37.9 Å². The van der Waals surface area contributed by atoms with E-state index in [0.29, 0.717) is 10.0 Å². The van der Waals surface area contributed by atoms with E-state index < -0.39 is 0 Å². The molecule has 0 radical (unpaired) electrons. The van der Waals surface area contributed by atoms with Gasteiger partial charge in [0.1, 0.15) is 0 Å². The van der Waals surface area contributed by atoms with Crippen LogP contribution in [0.4, 0.5) is 0 Å². The van der Waals surface area contributed by atoms with Crippen molar-refractivity contribution in [3.8, 4) is 0 Å². The molecule has 0 spiro atoms. The molecular weight excluding hydrogens is 301 g/mol. The van der Waals surface area contributed by atoms with Gasteiger partial charge in [0.25, 0.3) is 0 Å². The molecule has 1 atom stereocenters. The van der Waals surface area contributed by atoms with Gasteiger partial charge in [-0.2, -0.15) is 0 Å². The molecule has 2 aromatic rings. The molecule has 0 amide bonds. The zero-order valence-corrected chi connectivity index (χ0v) is 14.2. The summed E-state index contributed by atoms with van der Waals surface area (Å²) >= 11 is 12.5. The van der Waals surface area contributed by atoms with E-state index in [9.17, 15) is 0 Å². The summed E-state index contributed by atoms with van der Waals surface area (Å²) in [5.41, 5.74) is 2.27. The summed E-state index contributed by atoms with van der Waals surface area (Å²) in [6.07, 6.45) is 0. The zero-order valence-electron chi connectivity index (χ0n) is 12.7. The minimum Gasteiger partial charge on any atom is -0.309 e. The lowest BCUT2D eigenvalue weighted by Gasteiger charge is -2.36. The molecule has 0 heterocycles. The van der Waals surface area contributed by atoms with E-state index in [4.69, 9.17) is 23.2 Å². The molecule has 1 nitrogen and oxygen atoms in total. The largest absolute Gasteiger partial charge is 0.309 e. The first-order valence-electron chi connectivity index (χ1n) is 7.20. The molecule has 2 rings (SSSR count). The number of hydrogen-bond donors (Lipinski definition) is 1. The quantitative estimate of drug-likeness (QED) is 0.753. The van der Waals surface area contributed by atoms with Crippen LogP contribution in [0, 0.1) is 0 Å². The van der Waals surface area contributed by atoms with Crippen LogP contribution >= 0.6 is 23.2 Å². The Kier molecular flexibility index (Phi) is 5.32. The van der Waals surface area contributed by atoms with Crippen LogP contribution in [0.3, 0.4) is 0 Å². The Morgan fingerprint density at radius 3 is 2.29 bits per heavy atom. The van der Waals surface area contributed by atoms with Crippen molar-refractivity contribution in [1.82, 2.24) is 5.32 Å². The van der Waals surface area contributed by atoms with Crippen LogP contribution in [0.2, 0.25) is 10.0 Å². The second kappa shape index (κ2) is 6.83. The third-order valence-corrected chi connectivity index (χ3v) is 4.48. The number of halogens is 2. The van der Waals surface area contributed by atoms with E-state index >= 15 is 0 Å². The fraction of sp³-hybridized carbons (Fsp3) is 0.333. The molecule has 0 aliphatic carbocycles. The molecule has 2 aromatic carbocycles. The molecule has 3 heteroatoms. The predicted molar refractivity (Wildman–Crippen MR) is 92.3 cm³/mol. The molecular formula is C18H21Cl2N. The van der Waals surface area contributed by atoms with E-state index in [-0.39, 0.29) is 11.5 Å². The molecule has 1 N–H and O–H groups in total. The monoisotopic (exact) mass is 321 g/mol. The smallest absolute Gasteiger partial charge is 0.0468 e. The lowest BCUT2D eigenvalue weighted by molar-refractivity contribution is 0.354. The van der Waals surface area contributed by atoms with Gasteiger partial charge >= 0.3 is 0 Å². The van der Waals surface area contributed by atoms with Crippen molar-refractivity contribution in [2.75, 3.05) is 6.54 Å². The fourth-order valence-corrected chi connectivity index (χ4v) is 3.25. The highest BCUT2D eigenvalue weighted by molar-refractivity contribution is 6.35. The molecule has 0 aromatic heterocycles. The Morgan fingerprint density at radius 2 is 1.71 bits per heavy atom. The Balaban J connectivity index is 2.47. The maximum Gasteiger partial charge on any atom is 0.0468 e. The van der Waals surface area contributed by atoms with Gasteiger partial charge in [0.2, 0.25) is 0 Å². The summed E-state index contributed by atoms with van der Waals surface area (Å²) in [5.74, 6) is 0. The van der Waals surface area contributed by atoms with Crippen molar-refractivity contribution in [2.24, 2.45) is 0 Å². The summed E-state index contributed by atoms with van der Waals surface area (Å²) in [4.78, 5) is 0. The number of nitrogens with one attached hydrogen (secondary N) is 1. The van der Waals surface area contributed by atoms with Gasteiger partial charge in [0.15, 0.2) is 0 Å². The molecule has 21 heavy (non-hydrogen) atoms. The predicted octanol–water partition coefficient (Wildman–Crippen LogP) is 5.62. The van der Waals surface area contributed by atoms with E-state index in [1.165, 1.54) is 5.56 Å². The maximum atomic E-state index is 6.43. The lowest BCUT2D eigenvalue weighted by atomic mass is 9.75. The molecule has 0 aliphatic heterocycles. The minimum absolute atomic E-state index is 0.0886. The third kappa shape index (κ3) is 3.60. The Bertz CT molecular complexity index is 593. The van der Waals surface area contributed by atoms with Gasteiger partial charge in [-0.25, -0.2) is 0 Å². The zero-order chi connectivity index (χ0) is 15.5. The van der Waals surface area contributed by atoms with Gasteiger partial charge in [-0.15, -0.1) is 0 Å². The van der Waals surface area contributed by atoms with Gasteiger partial charge < -0.3 is 5.32 Å². The van der Waals surface area contributed by atoms with Crippen molar-refractivity contribution < 1.29 is 0 Å². The first kappa shape index (κ1) is 16.4. The molecule has 0 bridgehead atoms. The van der Waals surface area contributed by atoms with Crippen LogP contribution in [0.5, 0.6) is 0 Å². The normalized spacial score (nSPS) is 13.2. The van der Waals surface area contributed by atoms with Gasteiger partial charge in [-0.3, -0.25) is 0 Å².